The summed E-state index contributed by atoms with van der Waals surface area (Å²) >= 11 is 0. The van der Waals surface area contributed by atoms with E-state index >= 15 is 0 Å². The zero-order valence-electron chi connectivity index (χ0n) is 12.8. The molecule has 1 saturated heterocycles. The van der Waals surface area contributed by atoms with E-state index in [0.717, 1.165) is 24.3 Å². The highest BCUT2D eigenvalue weighted by atomic mass is 15.1. The molecule has 0 bridgehead atoms. The van der Waals surface area contributed by atoms with Gasteiger partial charge in [0, 0.05) is 6.54 Å². The summed E-state index contributed by atoms with van der Waals surface area (Å²) in [5, 5.41) is 0. The van der Waals surface area contributed by atoms with Crippen LogP contribution >= 0.6 is 0 Å². The summed E-state index contributed by atoms with van der Waals surface area (Å²) in [6.45, 7) is 11.9. The second kappa shape index (κ2) is 8.92. The molecule has 18 heavy (non-hydrogen) atoms. The van der Waals surface area contributed by atoms with E-state index in [2.05, 4.69) is 25.7 Å². The van der Waals surface area contributed by atoms with Crippen molar-refractivity contribution in [3.63, 3.8) is 0 Å². The quantitative estimate of drug-likeness (QED) is 0.718. The third-order valence-electron chi connectivity index (χ3n) is 4.78. The van der Waals surface area contributed by atoms with E-state index in [4.69, 9.17) is 5.73 Å². The molecule has 0 aliphatic carbocycles. The van der Waals surface area contributed by atoms with Crippen LogP contribution in [0, 0.1) is 17.8 Å². The second-order valence-electron chi connectivity index (χ2n) is 6.42. The molecule has 2 N–H and O–H groups in total. The molecule has 3 unspecified atom stereocenters. The summed E-state index contributed by atoms with van der Waals surface area (Å²) in [4.78, 5) is 2.68. The van der Waals surface area contributed by atoms with Crippen molar-refractivity contribution in [1.29, 1.82) is 0 Å². The summed E-state index contributed by atoms with van der Waals surface area (Å²) in [7, 11) is 0. The first-order valence-electron chi connectivity index (χ1n) is 8.09. The largest absolute Gasteiger partial charge is 0.330 e. The minimum absolute atomic E-state index is 0.864. The summed E-state index contributed by atoms with van der Waals surface area (Å²) < 4.78 is 0. The average molecular weight is 254 g/mol. The van der Waals surface area contributed by atoms with Gasteiger partial charge >= 0.3 is 0 Å². The minimum Gasteiger partial charge on any atom is -0.330 e. The molecular weight excluding hydrogens is 220 g/mol. The van der Waals surface area contributed by atoms with E-state index in [9.17, 15) is 0 Å². The van der Waals surface area contributed by atoms with Gasteiger partial charge in [-0.1, -0.05) is 33.6 Å². The van der Waals surface area contributed by atoms with Gasteiger partial charge in [-0.15, -0.1) is 0 Å². The lowest BCUT2D eigenvalue weighted by Crippen LogP contribution is -2.38. The van der Waals surface area contributed by atoms with E-state index in [1.54, 1.807) is 0 Å². The molecule has 2 nitrogen and oxygen atoms in total. The van der Waals surface area contributed by atoms with E-state index in [1.807, 2.05) is 0 Å². The van der Waals surface area contributed by atoms with Gasteiger partial charge in [0.25, 0.3) is 0 Å². The lowest BCUT2D eigenvalue weighted by molar-refractivity contribution is 0.134. The van der Waals surface area contributed by atoms with E-state index < -0.39 is 0 Å². The Hall–Kier alpha value is -0.0800. The van der Waals surface area contributed by atoms with Crippen LogP contribution in [0.4, 0.5) is 0 Å². The third kappa shape index (κ3) is 5.71. The Morgan fingerprint density at radius 1 is 1.17 bits per heavy atom. The van der Waals surface area contributed by atoms with E-state index in [0.29, 0.717) is 0 Å². The smallest absolute Gasteiger partial charge is 0.000957 e. The Bertz CT molecular complexity index is 199. The van der Waals surface area contributed by atoms with E-state index in [-0.39, 0.29) is 0 Å². The molecule has 2 heteroatoms. The lowest BCUT2D eigenvalue weighted by atomic mass is 9.88. The van der Waals surface area contributed by atoms with Gasteiger partial charge in [-0.05, 0) is 63.1 Å². The van der Waals surface area contributed by atoms with Crippen LogP contribution in [0.3, 0.4) is 0 Å². The van der Waals surface area contributed by atoms with Crippen LogP contribution in [-0.2, 0) is 0 Å². The van der Waals surface area contributed by atoms with Gasteiger partial charge in [-0.2, -0.15) is 0 Å². The molecule has 0 spiro atoms. The van der Waals surface area contributed by atoms with Gasteiger partial charge in [0.15, 0.2) is 0 Å². The monoisotopic (exact) mass is 254 g/mol. The maximum Gasteiger partial charge on any atom is 0.000957 e. The molecule has 1 aliphatic heterocycles. The highest BCUT2D eigenvalue weighted by Crippen LogP contribution is 2.23. The molecule has 1 heterocycles. The first kappa shape index (κ1) is 16.0. The Labute approximate surface area is 114 Å². The van der Waals surface area contributed by atoms with Crippen molar-refractivity contribution in [2.24, 2.45) is 23.5 Å². The molecule has 0 aromatic rings. The van der Waals surface area contributed by atoms with Gasteiger partial charge < -0.3 is 10.6 Å². The van der Waals surface area contributed by atoms with E-state index in [1.165, 1.54) is 58.2 Å². The molecule has 1 aliphatic rings. The number of piperidine rings is 1. The van der Waals surface area contributed by atoms with Gasteiger partial charge in [0.2, 0.25) is 0 Å². The zero-order valence-corrected chi connectivity index (χ0v) is 12.8. The number of hydrogen-bond donors (Lipinski definition) is 1. The molecular formula is C16H34N2. The van der Waals surface area contributed by atoms with Gasteiger partial charge in [0.05, 0.1) is 0 Å². The number of nitrogens with two attached hydrogens (primary N) is 1. The Balaban J connectivity index is 2.16. The van der Waals surface area contributed by atoms with Crippen LogP contribution in [0.1, 0.15) is 59.3 Å². The zero-order chi connectivity index (χ0) is 13.4. The first-order chi connectivity index (χ1) is 8.67. The minimum atomic E-state index is 0.864. The fraction of sp³-hybridized carbons (Fsp3) is 1.00. The Morgan fingerprint density at radius 2 is 1.94 bits per heavy atom. The van der Waals surface area contributed by atoms with Crippen molar-refractivity contribution >= 4 is 0 Å². The molecule has 0 saturated carbocycles. The summed E-state index contributed by atoms with van der Waals surface area (Å²) in [5.41, 5.74) is 5.70. The predicted octanol–water partition coefficient (Wildman–Crippen LogP) is 3.51. The summed E-state index contributed by atoms with van der Waals surface area (Å²) in [6.07, 6.45) is 8.04. The van der Waals surface area contributed by atoms with Crippen molar-refractivity contribution in [2.75, 3.05) is 26.2 Å². The molecule has 1 fully saturated rings. The summed E-state index contributed by atoms with van der Waals surface area (Å²) in [6, 6.07) is 0. The van der Waals surface area contributed by atoms with Crippen LogP contribution in [0.15, 0.2) is 0 Å². The molecule has 0 aromatic carbocycles. The standard InChI is InChI=1S/C16H34N2/c1-4-6-16(8-10-17)7-5-11-18-12-9-14(2)15(3)13-18/h14-16H,4-13,17H2,1-3H3. The number of rotatable bonds is 8. The molecule has 1 rings (SSSR count). The maximum atomic E-state index is 5.70. The van der Waals surface area contributed by atoms with Crippen LogP contribution in [0.2, 0.25) is 0 Å². The van der Waals surface area contributed by atoms with Crippen molar-refractivity contribution in [3.05, 3.63) is 0 Å². The fourth-order valence-electron chi connectivity index (χ4n) is 3.23. The Kier molecular flexibility index (Phi) is 7.92. The molecule has 3 atom stereocenters. The normalized spacial score (nSPS) is 27.3. The lowest BCUT2D eigenvalue weighted by Gasteiger charge is -2.35. The topological polar surface area (TPSA) is 29.3 Å². The SMILES string of the molecule is CCCC(CCN)CCCN1CCC(C)C(C)C1. The predicted molar refractivity (Wildman–Crippen MR) is 80.7 cm³/mol. The number of hydrogen-bond acceptors (Lipinski definition) is 2. The number of nitrogens with zero attached hydrogens (tertiary/aromatic N) is 1. The second-order valence-corrected chi connectivity index (χ2v) is 6.42. The molecule has 0 radical (unpaired) electrons. The third-order valence-corrected chi connectivity index (χ3v) is 4.78. The summed E-state index contributed by atoms with van der Waals surface area (Å²) in [5.74, 6) is 2.68. The van der Waals surface area contributed by atoms with Crippen LogP contribution < -0.4 is 5.73 Å². The van der Waals surface area contributed by atoms with Crippen LogP contribution in [0.5, 0.6) is 0 Å². The van der Waals surface area contributed by atoms with Crippen LogP contribution in [0.25, 0.3) is 0 Å². The Morgan fingerprint density at radius 3 is 2.56 bits per heavy atom. The van der Waals surface area contributed by atoms with Crippen molar-refractivity contribution in [2.45, 2.75) is 59.3 Å². The molecule has 108 valence electrons. The average Bonchev–Trinajstić information content (AvgIpc) is 2.34. The highest BCUT2D eigenvalue weighted by molar-refractivity contribution is 4.75. The van der Waals surface area contributed by atoms with Crippen LogP contribution in [-0.4, -0.2) is 31.1 Å². The van der Waals surface area contributed by atoms with Crippen molar-refractivity contribution in [3.8, 4) is 0 Å². The number of likely N-dealkylation sites (tertiary alicyclic amines) is 1. The first-order valence-corrected chi connectivity index (χ1v) is 8.09. The molecule has 0 aromatic heterocycles. The molecule has 0 amide bonds. The van der Waals surface area contributed by atoms with Crippen molar-refractivity contribution < 1.29 is 0 Å². The van der Waals surface area contributed by atoms with Gasteiger partial charge in [0.1, 0.15) is 0 Å². The maximum absolute atomic E-state index is 5.70. The van der Waals surface area contributed by atoms with Crippen molar-refractivity contribution in [1.82, 2.24) is 4.90 Å². The van der Waals surface area contributed by atoms with Gasteiger partial charge in [-0.3, -0.25) is 0 Å². The fourth-order valence-corrected chi connectivity index (χ4v) is 3.23. The van der Waals surface area contributed by atoms with Gasteiger partial charge in [-0.25, -0.2) is 0 Å². The highest BCUT2D eigenvalue weighted by Gasteiger charge is 2.22.